The van der Waals surface area contributed by atoms with Crippen LogP contribution in [0.1, 0.15) is 42.2 Å². The van der Waals surface area contributed by atoms with E-state index >= 15 is 0 Å². The predicted molar refractivity (Wildman–Crippen MR) is 95.5 cm³/mol. The van der Waals surface area contributed by atoms with Crippen LogP contribution in [0.2, 0.25) is 0 Å². The predicted octanol–water partition coefficient (Wildman–Crippen LogP) is 0.927. The van der Waals surface area contributed by atoms with E-state index in [-0.39, 0.29) is 35.7 Å². The van der Waals surface area contributed by atoms with Crippen molar-refractivity contribution >= 4 is 11.6 Å². The maximum Gasteiger partial charge on any atom is 0.343 e. The topological polar surface area (TPSA) is 98.2 Å². The zero-order valence-corrected chi connectivity index (χ0v) is 15.3. The molecule has 9 heteroatoms. The van der Waals surface area contributed by atoms with Gasteiger partial charge in [-0.05, 0) is 26.3 Å². The van der Waals surface area contributed by atoms with Crippen molar-refractivity contribution < 1.29 is 19.0 Å². The van der Waals surface area contributed by atoms with Crippen molar-refractivity contribution in [3.8, 4) is 0 Å². The molecule has 9 nitrogen and oxygen atoms in total. The highest BCUT2D eigenvalue weighted by atomic mass is 16.7. The molecule has 0 bridgehead atoms. The highest BCUT2D eigenvalue weighted by Gasteiger charge is 2.34. The normalized spacial score (nSPS) is 21.7. The van der Waals surface area contributed by atoms with Crippen LogP contribution in [0.4, 0.5) is 0 Å². The van der Waals surface area contributed by atoms with Crippen molar-refractivity contribution in [2.75, 3.05) is 26.4 Å². The fourth-order valence-electron chi connectivity index (χ4n) is 3.80. The summed E-state index contributed by atoms with van der Waals surface area (Å²) in [4.78, 5) is 31.4. The first-order valence-electron chi connectivity index (χ1n) is 9.42. The van der Waals surface area contributed by atoms with Gasteiger partial charge in [-0.3, -0.25) is 14.8 Å². The maximum absolute atomic E-state index is 12.4. The van der Waals surface area contributed by atoms with Crippen molar-refractivity contribution in [2.24, 2.45) is 0 Å². The summed E-state index contributed by atoms with van der Waals surface area (Å²) >= 11 is 0. The first kappa shape index (κ1) is 18.1. The molecule has 4 heterocycles. The Morgan fingerprint density at radius 3 is 2.96 bits per heavy atom. The van der Waals surface area contributed by atoms with Crippen molar-refractivity contribution in [1.29, 1.82) is 0 Å². The van der Waals surface area contributed by atoms with E-state index in [0.29, 0.717) is 25.5 Å². The van der Waals surface area contributed by atoms with Crippen LogP contribution in [0.15, 0.2) is 17.1 Å². The fourth-order valence-corrected chi connectivity index (χ4v) is 3.80. The number of carbonyl (C=O) groups excluding carboxylic acids is 1. The second-order valence-corrected chi connectivity index (χ2v) is 6.80. The molecule has 1 unspecified atom stereocenters. The van der Waals surface area contributed by atoms with Crippen LogP contribution in [0.3, 0.4) is 0 Å². The molecule has 146 valence electrons. The quantitative estimate of drug-likeness (QED) is 0.775. The number of piperidine rings is 1. The molecule has 4 rings (SSSR count). The van der Waals surface area contributed by atoms with E-state index in [1.807, 2.05) is 0 Å². The van der Waals surface area contributed by atoms with Gasteiger partial charge in [0.05, 0.1) is 31.6 Å². The number of esters is 1. The molecule has 0 aliphatic carbocycles. The standard InChI is InChI=1S/C18H24N4O5/c1-2-25-17(24)13-10-19-22-15(23)9-12(20-16(13)22)11-21-6-4-3-5-14(21)18-26-7-8-27-18/h9-10,14,18-19H,2-8,11H2,1H3. The van der Waals surface area contributed by atoms with Crippen molar-refractivity contribution in [2.45, 2.75) is 45.1 Å². The average molecular weight is 376 g/mol. The van der Waals surface area contributed by atoms with E-state index in [4.69, 9.17) is 14.2 Å². The summed E-state index contributed by atoms with van der Waals surface area (Å²) in [5.41, 5.74) is 0.911. The van der Waals surface area contributed by atoms with E-state index in [2.05, 4.69) is 15.0 Å². The molecule has 2 saturated heterocycles. The first-order valence-corrected chi connectivity index (χ1v) is 9.42. The van der Waals surface area contributed by atoms with Gasteiger partial charge in [0.1, 0.15) is 5.56 Å². The largest absolute Gasteiger partial charge is 0.462 e. The van der Waals surface area contributed by atoms with E-state index < -0.39 is 5.97 Å². The van der Waals surface area contributed by atoms with Crippen molar-refractivity contribution in [3.63, 3.8) is 0 Å². The van der Waals surface area contributed by atoms with Crippen LogP contribution < -0.4 is 5.56 Å². The van der Waals surface area contributed by atoms with Gasteiger partial charge in [-0.1, -0.05) is 6.42 Å². The third-order valence-corrected chi connectivity index (χ3v) is 5.04. The zero-order valence-electron chi connectivity index (χ0n) is 15.3. The molecule has 27 heavy (non-hydrogen) atoms. The SMILES string of the molecule is CCOC(=O)c1c[nH]n2c(=O)cc(CN3CCCCC3C3OCCO3)nc12. The highest BCUT2D eigenvalue weighted by molar-refractivity contribution is 5.95. The highest BCUT2D eigenvalue weighted by Crippen LogP contribution is 2.25. The number of rotatable bonds is 5. The second-order valence-electron chi connectivity index (χ2n) is 6.80. The van der Waals surface area contributed by atoms with Gasteiger partial charge in [-0.2, -0.15) is 0 Å². The molecular weight excluding hydrogens is 352 g/mol. The van der Waals surface area contributed by atoms with E-state index in [0.717, 1.165) is 25.8 Å². The molecule has 2 aliphatic rings. The van der Waals surface area contributed by atoms with Crippen LogP contribution in [0.5, 0.6) is 0 Å². The number of aromatic amines is 1. The summed E-state index contributed by atoms with van der Waals surface area (Å²) in [7, 11) is 0. The molecule has 0 saturated carbocycles. The average Bonchev–Trinajstić information content (AvgIpc) is 3.32. The van der Waals surface area contributed by atoms with Crippen LogP contribution in [-0.4, -0.2) is 64.2 Å². The third-order valence-electron chi connectivity index (χ3n) is 5.04. The molecule has 0 aromatic carbocycles. The van der Waals surface area contributed by atoms with Gasteiger partial charge >= 0.3 is 5.97 Å². The summed E-state index contributed by atoms with van der Waals surface area (Å²) in [5, 5.41) is 2.77. The van der Waals surface area contributed by atoms with Gasteiger partial charge in [0.15, 0.2) is 11.9 Å². The Morgan fingerprint density at radius 2 is 2.19 bits per heavy atom. The van der Waals surface area contributed by atoms with Gasteiger partial charge < -0.3 is 14.2 Å². The lowest BCUT2D eigenvalue weighted by molar-refractivity contribution is -0.111. The summed E-state index contributed by atoms with van der Waals surface area (Å²) in [5.74, 6) is -0.496. The van der Waals surface area contributed by atoms with Gasteiger partial charge in [0.25, 0.3) is 5.56 Å². The molecule has 2 aromatic rings. The monoisotopic (exact) mass is 376 g/mol. The summed E-state index contributed by atoms with van der Waals surface area (Å²) in [6, 6.07) is 1.65. The molecule has 1 atom stereocenters. The number of ether oxygens (including phenoxy) is 3. The van der Waals surface area contributed by atoms with Crippen LogP contribution in [0.25, 0.3) is 5.65 Å². The number of carbonyl (C=O) groups is 1. The molecule has 0 spiro atoms. The smallest absolute Gasteiger partial charge is 0.343 e. The lowest BCUT2D eigenvalue weighted by Crippen LogP contribution is -2.47. The van der Waals surface area contributed by atoms with Gasteiger partial charge in [-0.15, -0.1) is 0 Å². The van der Waals surface area contributed by atoms with Gasteiger partial charge in [-0.25, -0.2) is 14.3 Å². The number of hydrogen-bond acceptors (Lipinski definition) is 7. The lowest BCUT2D eigenvalue weighted by Gasteiger charge is -2.37. The minimum Gasteiger partial charge on any atom is -0.462 e. The third kappa shape index (κ3) is 3.62. The number of likely N-dealkylation sites (tertiary alicyclic amines) is 1. The minimum absolute atomic E-state index is 0.150. The summed E-state index contributed by atoms with van der Waals surface area (Å²) in [6.45, 7) is 4.64. The Hall–Kier alpha value is -2.23. The van der Waals surface area contributed by atoms with Crippen LogP contribution >= 0.6 is 0 Å². The Kier molecular flexibility index (Phi) is 5.24. The van der Waals surface area contributed by atoms with Crippen LogP contribution in [0, 0.1) is 0 Å². The fraction of sp³-hybridized carbons (Fsp3) is 0.611. The number of hydrogen-bond donors (Lipinski definition) is 1. The lowest BCUT2D eigenvalue weighted by atomic mass is 10.0. The molecule has 2 fully saturated rings. The number of fused-ring (bicyclic) bond motifs is 1. The molecule has 0 radical (unpaired) electrons. The Bertz CT molecular complexity index is 870. The number of H-pyrrole nitrogens is 1. The van der Waals surface area contributed by atoms with E-state index in [1.165, 1.54) is 16.8 Å². The van der Waals surface area contributed by atoms with Crippen LogP contribution in [-0.2, 0) is 20.8 Å². The summed E-state index contributed by atoms with van der Waals surface area (Å²) in [6.07, 6.45) is 4.43. The van der Waals surface area contributed by atoms with Crippen molar-refractivity contribution in [3.05, 3.63) is 33.9 Å². The number of nitrogens with zero attached hydrogens (tertiary/aromatic N) is 3. The first-order chi connectivity index (χ1) is 13.2. The van der Waals surface area contributed by atoms with E-state index in [9.17, 15) is 9.59 Å². The van der Waals surface area contributed by atoms with Gasteiger partial charge in [0, 0.05) is 18.8 Å². The Balaban J connectivity index is 1.61. The molecule has 2 aromatic heterocycles. The number of aromatic nitrogens is 3. The van der Waals surface area contributed by atoms with Crippen molar-refractivity contribution in [1.82, 2.24) is 19.5 Å². The second kappa shape index (κ2) is 7.79. The molecule has 2 aliphatic heterocycles. The molecular formula is C18H24N4O5. The summed E-state index contributed by atoms with van der Waals surface area (Å²) < 4.78 is 17.7. The number of nitrogens with one attached hydrogen (secondary N) is 1. The van der Waals surface area contributed by atoms with E-state index in [1.54, 1.807) is 6.92 Å². The minimum atomic E-state index is -0.496. The molecule has 1 N–H and O–H groups in total. The maximum atomic E-state index is 12.4. The Labute approximate surface area is 156 Å². The zero-order chi connectivity index (χ0) is 18.8. The Morgan fingerprint density at radius 1 is 1.37 bits per heavy atom. The molecule has 0 amide bonds. The van der Waals surface area contributed by atoms with Gasteiger partial charge in [0.2, 0.25) is 0 Å².